The summed E-state index contributed by atoms with van der Waals surface area (Å²) in [6, 6.07) is 21.0. The van der Waals surface area contributed by atoms with E-state index in [0.29, 0.717) is 6.54 Å². The van der Waals surface area contributed by atoms with Gasteiger partial charge in [-0.15, -0.1) is 0 Å². The molecular weight excluding hydrogens is 466 g/mol. The summed E-state index contributed by atoms with van der Waals surface area (Å²) in [6.07, 6.45) is 7.13. The predicted octanol–water partition coefficient (Wildman–Crippen LogP) is 7.26. The predicted molar refractivity (Wildman–Crippen MR) is 161 cm³/mol. The minimum atomic E-state index is 0.522. The maximum atomic E-state index is 5.93. The second-order valence-corrected chi connectivity index (χ2v) is 10.6. The largest absolute Gasteiger partial charge is 0.326 e. The third-order valence-electron chi connectivity index (χ3n) is 7.01. The van der Waals surface area contributed by atoms with Crippen LogP contribution in [0.2, 0.25) is 0 Å². The van der Waals surface area contributed by atoms with Gasteiger partial charge in [0.25, 0.3) is 0 Å². The van der Waals surface area contributed by atoms with E-state index in [1.807, 2.05) is 29.2 Å². The van der Waals surface area contributed by atoms with E-state index in [9.17, 15) is 0 Å². The lowest BCUT2D eigenvalue weighted by Crippen LogP contribution is -2.24. The number of aromatic nitrogens is 3. The number of benzene rings is 3. The average molecular weight is 508 g/mol. The number of fused-ring (bicyclic) bond motifs is 2. The van der Waals surface area contributed by atoms with E-state index in [1.165, 1.54) is 29.3 Å². The van der Waals surface area contributed by atoms with Crippen molar-refractivity contribution in [3.8, 4) is 22.3 Å². The van der Waals surface area contributed by atoms with Gasteiger partial charge in [-0.1, -0.05) is 100 Å². The molecule has 0 radical (unpaired) electrons. The fourth-order valence-electron chi connectivity index (χ4n) is 4.50. The molecule has 0 amide bonds. The molecular formula is C33H41N5. The third-order valence-corrected chi connectivity index (χ3v) is 7.01. The Morgan fingerprint density at radius 1 is 0.842 bits per heavy atom. The summed E-state index contributed by atoms with van der Waals surface area (Å²) in [5.74, 6) is 1.61. The Bertz CT molecular complexity index is 1470. The van der Waals surface area contributed by atoms with Crippen LogP contribution in [0, 0.1) is 18.8 Å². The smallest absolute Gasteiger partial charge is 0.162 e. The minimum Gasteiger partial charge on any atom is -0.326 e. The quantitative estimate of drug-likeness (QED) is 0.232. The van der Waals surface area contributed by atoms with Crippen molar-refractivity contribution in [2.24, 2.45) is 17.6 Å². The standard InChI is InChI=1S/C24H20N4.C9H21N/c1-16-6-8-17(9-7-16)19-13-26-24-23(14-27-28(24)15-19)22-11-10-18(12-25)20-4-2-3-5-21(20)22;1-5-9(4)7-10-6-8(2)3/h2-11,13-15H,12,25H2,1H3;8-10H,5-7H2,1-4H3. The lowest BCUT2D eigenvalue weighted by molar-refractivity contribution is 0.466. The zero-order valence-electron chi connectivity index (χ0n) is 23.4. The Hall–Kier alpha value is -3.54. The lowest BCUT2D eigenvalue weighted by atomic mass is 9.96. The topological polar surface area (TPSA) is 68.2 Å². The molecule has 0 saturated heterocycles. The van der Waals surface area contributed by atoms with E-state index >= 15 is 0 Å². The summed E-state index contributed by atoms with van der Waals surface area (Å²) in [4.78, 5) is 4.74. The number of rotatable bonds is 8. The number of hydrogen-bond donors (Lipinski definition) is 2. The molecule has 5 rings (SSSR count). The van der Waals surface area contributed by atoms with Crippen LogP contribution in [0.1, 0.15) is 45.2 Å². The van der Waals surface area contributed by atoms with Crippen molar-refractivity contribution in [2.75, 3.05) is 13.1 Å². The summed E-state index contributed by atoms with van der Waals surface area (Å²) in [6.45, 7) is 13.9. The molecule has 1 atom stereocenters. The molecule has 5 nitrogen and oxygen atoms in total. The van der Waals surface area contributed by atoms with Gasteiger partial charge in [-0.25, -0.2) is 9.50 Å². The Balaban J connectivity index is 0.000000289. The van der Waals surface area contributed by atoms with Crippen LogP contribution in [0.25, 0.3) is 38.7 Å². The molecule has 1 unspecified atom stereocenters. The molecule has 2 heterocycles. The first kappa shape index (κ1) is 27.5. The van der Waals surface area contributed by atoms with Crippen molar-refractivity contribution in [1.29, 1.82) is 0 Å². The van der Waals surface area contributed by atoms with Gasteiger partial charge < -0.3 is 11.1 Å². The highest BCUT2D eigenvalue weighted by molar-refractivity contribution is 6.01. The van der Waals surface area contributed by atoms with Gasteiger partial charge in [0.2, 0.25) is 0 Å². The Morgan fingerprint density at radius 2 is 1.58 bits per heavy atom. The second kappa shape index (κ2) is 12.8. The third kappa shape index (κ3) is 6.47. The minimum absolute atomic E-state index is 0.522. The first-order valence-corrected chi connectivity index (χ1v) is 13.7. The van der Waals surface area contributed by atoms with E-state index in [4.69, 9.17) is 10.7 Å². The summed E-state index contributed by atoms with van der Waals surface area (Å²) in [5.41, 5.74) is 13.5. The molecule has 0 saturated carbocycles. The van der Waals surface area contributed by atoms with E-state index < -0.39 is 0 Å². The number of hydrogen-bond acceptors (Lipinski definition) is 4. The number of nitrogens with two attached hydrogens (primary N) is 1. The van der Waals surface area contributed by atoms with Crippen LogP contribution in [0.3, 0.4) is 0 Å². The van der Waals surface area contributed by atoms with Crippen LogP contribution in [-0.4, -0.2) is 27.7 Å². The summed E-state index contributed by atoms with van der Waals surface area (Å²) in [5, 5.41) is 10.4. The maximum Gasteiger partial charge on any atom is 0.162 e. The molecule has 0 bridgehead atoms. The van der Waals surface area contributed by atoms with Crippen LogP contribution < -0.4 is 11.1 Å². The van der Waals surface area contributed by atoms with Gasteiger partial charge in [-0.3, -0.25) is 0 Å². The van der Waals surface area contributed by atoms with Gasteiger partial charge in [0, 0.05) is 30.1 Å². The molecule has 0 spiro atoms. The maximum absolute atomic E-state index is 5.93. The SMILES string of the molecule is CCC(C)CNCC(C)C.Cc1ccc(-c2cnc3c(-c4ccc(CN)c5ccccc45)cnn3c2)cc1. The van der Waals surface area contributed by atoms with Gasteiger partial charge in [-0.05, 0) is 59.3 Å². The zero-order chi connectivity index (χ0) is 27.1. The van der Waals surface area contributed by atoms with Crippen molar-refractivity contribution in [2.45, 2.75) is 47.6 Å². The highest BCUT2D eigenvalue weighted by Gasteiger charge is 2.13. The molecule has 38 heavy (non-hydrogen) atoms. The molecule has 0 aliphatic rings. The van der Waals surface area contributed by atoms with Crippen LogP contribution in [0.4, 0.5) is 0 Å². The van der Waals surface area contributed by atoms with E-state index in [1.54, 1.807) is 0 Å². The number of nitrogens with one attached hydrogen (secondary N) is 1. The molecule has 2 aromatic heterocycles. The molecule has 0 aliphatic heterocycles. The van der Waals surface area contributed by atoms with E-state index in [2.05, 4.69) is 99.6 Å². The monoisotopic (exact) mass is 507 g/mol. The van der Waals surface area contributed by atoms with Gasteiger partial charge in [0.1, 0.15) is 0 Å². The van der Waals surface area contributed by atoms with Crippen molar-refractivity contribution < 1.29 is 0 Å². The Labute approximate surface area is 227 Å². The Morgan fingerprint density at radius 3 is 2.26 bits per heavy atom. The first-order valence-electron chi connectivity index (χ1n) is 13.7. The molecule has 3 aromatic carbocycles. The van der Waals surface area contributed by atoms with Crippen LogP contribution >= 0.6 is 0 Å². The highest BCUT2D eigenvalue weighted by atomic mass is 15.2. The van der Waals surface area contributed by atoms with E-state index in [-0.39, 0.29) is 0 Å². The van der Waals surface area contributed by atoms with Crippen LogP contribution in [-0.2, 0) is 6.54 Å². The van der Waals surface area contributed by atoms with Gasteiger partial charge >= 0.3 is 0 Å². The normalized spacial score (nSPS) is 12.1. The lowest BCUT2D eigenvalue weighted by Gasteiger charge is -2.11. The van der Waals surface area contributed by atoms with Crippen molar-refractivity contribution in [1.82, 2.24) is 19.9 Å². The fourth-order valence-corrected chi connectivity index (χ4v) is 4.50. The zero-order valence-corrected chi connectivity index (χ0v) is 23.4. The fraction of sp³-hybridized carbons (Fsp3) is 0.333. The van der Waals surface area contributed by atoms with Crippen LogP contribution in [0.5, 0.6) is 0 Å². The van der Waals surface area contributed by atoms with Crippen molar-refractivity contribution >= 4 is 16.4 Å². The summed E-state index contributed by atoms with van der Waals surface area (Å²) >= 11 is 0. The first-order chi connectivity index (χ1) is 18.4. The Kier molecular flexibility index (Phi) is 9.27. The molecule has 0 aliphatic carbocycles. The van der Waals surface area contributed by atoms with Gasteiger partial charge in [0.05, 0.1) is 6.20 Å². The summed E-state index contributed by atoms with van der Waals surface area (Å²) in [7, 11) is 0. The van der Waals surface area contributed by atoms with Crippen molar-refractivity contribution in [3.05, 3.63) is 90.4 Å². The van der Waals surface area contributed by atoms with Crippen LogP contribution in [0.15, 0.2) is 79.3 Å². The molecule has 5 aromatic rings. The molecule has 5 heteroatoms. The molecule has 198 valence electrons. The number of nitrogens with zero attached hydrogens (tertiary/aromatic N) is 3. The average Bonchev–Trinajstić information content (AvgIpc) is 3.36. The van der Waals surface area contributed by atoms with E-state index in [0.717, 1.165) is 51.8 Å². The summed E-state index contributed by atoms with van der Waals surface area (Å²) < 4.78 is 1.86. The second-order valence-electron chi connectivity index (χ2n) is 10.6. The molecule has 0 fully saturated rings. The van der Waals surface area contributed by atoms with Crippen molar-refractivity contribution in [3.63, 3.8) is 0 Å². The highest BCUT2D eigenvalue weighted by Crippen LogP contribution is 2.33. The van der Waals surface area contributed by atoms with Gasteiger partial charge in [0.15, 0.2) is 5.65 Å². The molecule has 3 N–H and O–H groups in total. The van der Waals surface area contributed by atoms with Gasteiger partial charge in [-0.2, -0.15) is 5.10 Å². The number of aryl methyl sites for hydroxylation is 1.